The van der Waals surface area contributed by atoms with Gasteiger partial charge in [0, 0.05) is 12.6 Å². The monoisotopic (exact) mass is 260 g/mol. The highest BCUT2D eigenvalue weighted by molar-refractivity contribution is 7.89. The molecule has 1 rings (SSSR count). The van der Waals surface area contributed by atoms with Gasteiger partial charge in [-0.25, -0.2) is 8.42 Å². The van der Waals surface area contributed by atoms with Gasteiger partial charge in [-0.3, -0.25) is 0 Å². The number of nitrogens with two attached hydrogens (primary N) is 1. The number of halogens is 3. The molecule has 2 N–H and O–H groups in total. The van der Waals surface area contributed by atoms with E-state index in [-0.39, 0.29) is 6.54 Å². The van der Waals surface area contributed by atoms with Crippen LogP contribution in [-0.2, 0) is 10.0 Å². The van der Waals surface area contributed by atoms with Crippen LogP contribution in [0.15, 0.2) is 0 Å². The van der Waals surface area contributed by atoms with E-state index >= 15 is 0 Å². The van der Waals surface area contributed by atoms with Crippen molar-refractivity contribution in [2.45, 2.75) is 37.2 Å². The molecule has 0 amide bonds. The fourth-order valence-corrected chi connectivity index (χ4v) is 2.98. The highest BCUT2D eigenvalue weighted by atomic mass is 32.2. The molecule has 0 radical (unpaired) electrons. The van der Waals surface area contributed by atoms with Crippen molar-refractivity contribution < 1.29 is 21.6 Å². The maximum absolute atomic E-state index is 12.3. The van der Waals surface area contributed by atoms with Crippen LogP contribution in [-0.4, -0.2) is 43.3 Å². The Morgan fingerprint density at radius 2 is 1.94 bits per heavy atom. The van der Waals surface area contributed by atoms with Gasteiger partial charge in [-0.15, -0.1) is 0 Å². The normalized spacial score (nSPS) is 20.1. The lowest BCUT2D eigenvalue weighted by molar-refractivity contribution is -0.137. The molecule has 16 heavy (non-hydrogen) atoms. The average Bonchev–Trinajstić information content (AvgIpc) is 2.94. The molecule has 1 fully saturated rings. The molecule has 1 atom stereocenters. The molecule has 0 aromatic carbocycles. The molecule has 0 aliphatic heterocycles. The molecule has 0 bridgehead atoms. The van der Waals surface area contributed by atoms with Gasteiger partial charge < -0.3 is 5.73 Å². The van der Waals surface area contributed by atoms with Gasteiger partial charge in [0.05, 0.1) is 5.25 Å². The minimum atomic E-state index is -4.51. The van der Waals surface area contributed by atoms with Crippen LogP contribution >= 0.6 is 0 Å². The van der Waals surface area contributed by atoms with Crippen molar-refractivity contribution in [3.05, 3.63) is 0 Å². The Labute approximate surface area is 92.6 Å². The highest BCUT2D eigenvalue weighted by Gasteiger charge is 2.45. The number of sulfonamides is 1. The van der Waals surface area contributed by atoms with Crippen LogP contribution < -0.4 is 5.73 Å². The maximum atomic E-state index is 12.3. The molecule has 8 heteroatoms. The molecule has 1 unspecified atom stereocenters. The smallest absolute Gasteiger partial charge is 0.329 e. The quantitative estimate of drug-likeness (QED) is 0.791. The van der Waals surface area contributed by atoms with Gasteiger partial charge in [0.1, 0.15) is 6.54 Å². The van der Waals surface area contributed by atoms with Crippen LogP contribution in [0.4, 0.5) is 13.2 Å². The zero-order valence-electron chi connectivity index (χ0n) is 8.87. The number of hydrogen-bond acceptors (Lipinski definition) is 3. The van der Waals surface area contributed by atoms with Crippen LogP contribution in [0.5, 0.6) is 0 Å². The summed E-state index contributed by atoms with van der Waals surface area (Å²) in [5, 5.41) is -0.976. The highest BCUT2D eigenvalue weighted by Crippen LogP contribution is 2.33. The van der Waals surface area contributed by atoms with E-state index in [2.05, 4.69) is 0 Å². The van der Waals surface area contributed by atoms with Gasteiger partial charge in [-0.1, -0.05) is 0 Å². The van der Waals surface area contributed by atoms with Crippen molar-refractivity contribution in [2.24, 2.45) is 5.73 Å². The third-order valence-corrected chi connectivity index (χ3v) is 4.75. The molecule has 1 saturated carbocycles. The molecule has 1 aliphatic carbocycles. The van der Waals surface area contributed by atoms with Crippen LogP contribution in [0.3, 0.4) is 0 Å². The van der Waals surface area contributed by atoms with E-state index in [0.29, 0.717) is 17.1 Å². The van der Waals surface area contributed by atoms with Gasteiger partial charge in [0.25, 0.3) is 0 Å². The summed E-state index contributed by atoms with van der Waals surface area (Å²) in [6.07, 6.45) is -3.52. The first-order valence-corrected chi connectivity index (χ1v) is 6.46. The van der Waals surface area contributed by atoms with Gasteiger partial charge in [-0.05, 0) is 19.8 Å². The third-order valence-electron chi connectivity index (χ3n) is 2.46. The molecule has 0 heterocycles. The van der Waals surface area contributed by atoms with Crippen molar-refractivity contribution in [1.29, 1.82) is 0 Å². The Morgan fingerprint density at radius 1 is 1.44 bits per heavy atom. The summed E-state index contributed by atoms with van der Waals surface area (Å²) in [7, 11) is -3.93. The first kappa shape index (κ1) is 13.7. The first-order chi connectivity index (χ1) is 7.18. The largest absolute Gasteiger partial charge is 0.402 e. The van der Waals surface area contributed by atoms with E-state index < -0.39 is 34.0 Å². The Balaban J connectivity index is 2.85. The maximum Gasteiger partial charge on any atom is 0.402 e. The number of rotatable bonds is 5. The van der Waals surface area contributed by atoms with E-state index in [0.717, 1.165) is 0 Å². The zero-order valence-corrected chi connectivity index (χ0v) is 9.68. The lowest BCUT2D eigenvalue weighted by Crippen LogP contribution is -2.46. The van der Waals surface area contributed by atoms with Crippen LogP contribution in [0.25, 0.3) is 0 Å². The Bertz CT molecular complexity index is 338. The predicted octanol–water partition coefficient (Wildman–Crippen LogP) is 0.690. The predicted molar refractivity (Wildman–Crippen MR) is 53.2 cm³/mol. The third kappa shape index (κ3) is 3.33. The second-order valence-corrected chi connectivity index (χ2v) is 6.29. The topological polar surface area (TPSA) is 63.4 Å². The first-order valence-electron chi connectivity index (χ1n) is 4.96. The van der Waals surface area contributed by atoms with Crippen LogP contribution in [0.2, 0.25) is 0 Å². The summed E-state index contributed by atoms with van der Waals surface area (Å²) in [6.45, 7) is -0.269. The zero-order chi connectivity index (χ0) is 12.6. The summed E-state index contributed by atoms with van der Waals surface area (Å²) in [5.74, 6) is 0. The Morgan fingerprint density at radius 3 is 2.25 bits per heavy atom. The summed E-state index contributed by atoms with van der Waals surface area (Å²) < 4.78 is 60.8. The van der Waals surface area contributed by atoms with Crippen molar-refractivity contribution in [1.82, 2.24) is 4.31 Å². The minimum Gasteiger partial charge on any atom is -0.329 e. The van der Waals surface area contributed by atoms with Crippen LogP contribution in [0, 0.1) is 0 Å². The lowest BCUT2D eigenvalue weighted by Gasteiger charge is -2.25. The lowest BCUT2D eigenvalue weighted by atomic mass is 10.5. The van der Waals surface area contributed by atoms with E-state index in [9.17, 15) is 21.6 Å². The van der Waals surface area contributed by atoms with E-state index in [1.165, 1.54) is 6.92 Å². The fraction of sp³-hybridized carbons (Fsp3) is 1.00. The SMILES string of the molecule is CC(CN)S(=O)(=O)N(CC(F)(F)F)C1CC1. The number of nitrogens with zero attached hydrogens (tertiary/aromatic N) is 1. The van der Waals surface area contributed by atoms with E-state index in [4.69, 9.17) is 5.73 Å². The van der Waals surface area contributed by atoms with Gasteiger partial charge in [-0.2, -0.15) is 17.5 Å². The van der Waals surface area contributed by atoms with E-state index in [1.54, 1.807) is 0 Å². The summed E-state index contributed by atoms with van der Waals surface area (Å²) in [4.78, 5) is 0. The molecule has 0 saturated heterocycles. The molecule has 0 aromatic heterocycles. The fourth-order valence-electron chi connectivity index (χ4n) is 1.32. The molecular formula is C8H15F3N2O2S. The van der Waals surface area contributed by atoms with Crippen molar-refractivity contribution >= 4 is 10.0 Å². The van der Waals surface area contributed by atoms with E-state index in [1.807, 2.05) is 0 Å². The second-order valence-electron chi connectivity index (χ2n) is 3.98. The minimum absolute atomic E-state index is 0.177. The van der Waals surface area contributed by atoms with Crippen molar-refractivity contribution in [3.8, 4) is 0 Å². The average molecular weight is 260 g/mol. The van der Waals surface area contributed by atoms with Gasteiger partial charge >= 0.3 is 6.18 Å². The molecule has 96 valence electrons. The molecule has 4 nitrogen and oxygen atoms in total. The summed E-state index contributed by atoms with van der Waals surface area (Å²) >= 11 is 0. The Hall–Kier alpha value is -0.340. The standard InChI is InChI=1S/C8H15F3N2O2S/c1-6(4-12)16(14,15)13(7-2-3-7)5-8(9,10)11/h6-7H,2-5,12H2,1H3. The molecule has 0 aromatic rings. The van der Waals surface area contributed by atoms with Crippen molar-refractivity contribution in [3.63, 3.8) is 0 Å². The number of alkyl halides is 3. The Kier molecular flexibility index (Phi) is 3.86. The molecular weight excluding hydrogens is 245 g/mol. The second kappa shape index (κ2) is 4.50. The molecule has 0 spiro atoms. The van der Waals surface area contributed by atoms with Gasteiger partial charge in [0.2, 0.25) is 10.0 Å². The number of hydrogen-bond donors (Lipinski definition) is 1. The van der Waals surface area contributed by atoms with Crippen LogP contribution in [0.1, 0.15) is 19.8 Å². The molecule has 1 aliphatic rings. The van der Waals surface area contributed by atoms with Gasteiger partial charge in [0.15, 0.2) is 0 Å². The van der Waals surface area contributed by atoms with Crippen molar-refractivity contribution in [2.75, 3.05) is 13.1 Å². The summed E-state index contributed by atoms with van der Waals surface area (Å²) in [6, 6.07) is -0.499. The summed E-state index contributed by atoms with van der Waals surface area (Å²) in [5.41, 5.74) is 5.19.